The van der Waals surface area contributed by atoms with E-state index < -0.39 is 0 Å². The summed E-state index contributed by atoms with van der Waals surface area (Å²) in [6, 6.07) is 2.07. The van der Waals surface area contributed by atoms with E-state index in [4.69, 9.17) is 9.47 Å². The third-order valence-corrected chi connectivity index (χ3v) is 4.08. The maximum absolute atomic E-state index is 5.48. The number of ether oxygens (including phenoxy) is 2. The first-order valence-corrected chi connectivity index (χ1v) is 8.08. The number of anilines is 2. The lowest BCUT2D eigenvalue weighted by atomic mass is 10.2. The van der Waals surface area contributed by atoms with Gasteiger partial charge in [-0.05, 0) is 31.7 Å². The van der Waals surface area contributed by atoms with Gasteiger partial charge in [0.1, 0.15) is 5.69 Å². The number of morpholine rings is 1. The second-order valence-electron chi connectivity index (χ2n) is 5.79. The number of nitrogens with one attached hydrogen (secondary N) is 1. The second kappa shape index (κ2) is 7.57. The van der Waals surface area contributed by atoms with Crippen LogP contribution in [0, 0.1) is 6.92 Å². The fourth-order valence-corrected chi connectivity index (χ4v) is 2.90. The molecule has 1 fully saturated rings. The molecule has 6 heteroatoms. The Balaban J connectivity index is 1.82. The van der Waals surface area contributed by atoms with E-state index in [2.05, 4.69) is 39.1 Å². The molecular weight excluding hydrogens is 292 g/mol. The monoisotopic (exact) mass is 316 g/mol. The number of hydrogen-bond donors (Lipinski definition) is 1. The third-order valence-electron chi connectivity index (χ3n) is 4.08. The molecule has 0 saturated carbocycles. The topological polar surface area (TPSA) is 59.0 Å². The summed E-state index contributed by atoms with van der Waals surface area (Å²) >= 11 is 0. The van der Waals surface area contributed by atoms with Crippen molar-refractivity contribution in [1.82, 2.24) is 4.98 Å². The molecule has 1 saturated heterocycles. The summed E-state index contributed by atoms with van der Waals surface area (Å²) < 4.78 is 10.9. The van der Waals surface area contributed by atoms with Gasteiger partial charge in [-0.3, -0.25) is 4.99 Å². The van der Waals surface area contributed by atoms with Gasteiger partial charge in [0, 0.05) is 25.3 Å². The minimum atomic E-state index is 0.686. The van der Waals surface area contributed by atoms with Crippen LogP contribution in [-0.2, 0) is 9.47 Å². The molecule has 2 aliphatic rings. The fraction of sp³-hybridized carbons (Fsp3) is 0.529. The third kappa shape index (κ3) is 3.89. The van der Waals surface area contributed by atoms with Gasteiger partial charge in [-0.2, -0.15) is 0 Å². The van der Waals surface area contributed by atoms with Crippen molar-refractivity contribution < 1.29 is 9.47 Å². The lowest BCUT2D eigenvalue weighted by molar-refractivity contribution is 0.122. The van der Waals surface area contributed by atoms with Gasteiger partial charge < -0.3 is 19.7 Å². The van der Waals surface area contributed by atoms with E-state index >= 15 is 0 Å². The standard InChI is InChI=1S/C17H24N4O2/c1-13-10-15(21-5-8-22-9-6-21)16(18-2)17(20-13)19-11-14-4-3-7-23-12-14/h4,10H,2-3,5-9,11-12H2,1H3,(H,19,20). The van der Waals surface area contributed by atoms with Crippen LogP contribution in [-0.4, -0.2) is 57.8 Å². The highest BCUT2D eigenvalue weighted by molar-refractivity contribution is 5.80. The van der Waals surface area contributed by atoms with Crippen LogP contribution in [0.25, 0.3) is 0 Å². The molecule has 0 aromatic carbocycles. The van der Waals surface area contributed by atoms with E-state index in [1.807, 2.05) is 6.92 Å². The largest absolute Gasteiger partial charge is 0.378 e. The van der Waals surface area contributed by atoms with Crippen LogP contribution >= 0.6 is 0 Å². The maximum atomic E-state index is 5.48. The van der Waals surface area contributed by atoms with Crippen LogP contribution in [0.1, 0.15) is 12.1 Å². The number of aryl methyl sites for hydroxylation is 1. The molecule has 0 spiro atoms. The first-order chi connectivity index (χ1) is 11.3. The molecule has 0 aliphatic carbocycles. The van der Waals surface area contributed by atoms with E-state index in [1.165, 1.54) is 5.57 Å². The zero-order chi connectivity index (χ0) is 16.1. The van der Waals surface area contributed by atoms with E-state index in [9.17, 15) is 0 Å². The molecule has 0 unspecified atom stereocenters. The Morgan fingerprint density at radius 2 is 2.13 bits per heavy atom. The normalized spacial score (nSPS) is 18.5. The van der Waals surface area contributed by atoms with Crippen molar-refractivity contribution in [1.29, 1.82) is 0 Å². The van der Waals surface area contributed by atoms with Crippen LogP contribution in [0.2, 0.25) is 0 Å². The van der Waals surface area contributed by atoms with Crippen molar-refractivity contribution in [2.75, 3.05) is 56.3 Å². The van der Waals surface area contributed by atoms with Gasteiger partial charge in [0.2, 0.25) is 0 Å². The molecule has 1 N–H and O–H groups in total. The summed E-state index contributed by atoms with van der Waals surface area (Å²) in [6.45, 7) is 11.2. The number of rotatable bonds is 5. The molecule has 2 aliphatic heterocycles. The highest BCUT2D eigenvalue weighted by Crippen LogP contribution is 2.35. The first kappa shape index (κ1) is 16.0. The summed E-state index contributed by atoms with van der Waals surface area (Å²) in [5.74, 6) is 0.785. The van der Waals surface area contributed by atoms with Gasteiger partial charge in [0.05, 0.1) is 32.1 Å². The fourth-order valence-electron chi connectivity index (χ4n) is 2.90. The predicted octanol–water partition coefficient (Wildman–Crippen LogP) is 2.32. The van der Waals surface area contributed by atoms with Crippen molar-refractivity contribution in [2.24, 2.45) is 4.99 Å². The van der Waals surface area contributed by atoms with E-state index in [0.717, 1.165) is 68.8 Å². The van der Waals surface area contributed by atoms with Gasteiger partial charge in [0.25, 0.3) is 0 Å². The highest BCUT2D eigenvalue weighted by Gasteiger charge is 2.18. The van der Waals surface area contributed by atoms with Crippen LogP contribution in [0.4, 0.5) is 17.2 Å². The summed E-state index contributed by atoms with van der Waals surface area (Å²) in [5, 5.41) is 3.40. The molecule has 0 radical (unpaired) electrons. The van der Waals surface area contributed by atoms with Crippen molar-refractivity contribution >= 4 is 23.9 Å². The average molecular weight is 316 g/mol. The van der Waals surface area contributed by atoms with E-state index in [0.29, 0.717) is 6.61 Å². The first-order valence-electron chi connectivity index (χ1n) is 8.08. The van der Waals surface area contributed by atoms with Crippen molar-refractivity contribution in [2.45, 2.75) is 13.3 Å². The van der Waals surface area contributed by atoms with Gasteiger partial charge in [-0.25, -0.2) is 4.98 Å². The molecule has 1 aromatic heterocycles. The Kier molecular flexibility index (Phi) is 5.25. The Labute approximate surface area is 137 Å². The summed E-state index contributed by atoms with van der Waals surface area (Å²) in [7, 11) is 0. The van der Waals surface area contributed by atoms with Crippen LogP contribution in [0.15, 0.2) is 22.7 Å². The van der Waals surface area contributed by atoms with Crippen molar-refractivity contribution in [3.05, 3.63) is 23.4 Å². The smallest absolute Gasteiger partial charge is 0.154 e. The zero-order valence-electron chi connectivity index (χ0n) is 13.7. The number of aliphatic imine (C=N–C) groups is 1. The lowest BCUT2D eigenvalue weighted by Crippen LogP contribution is -2.36. The Morgan fingerprint density at radius 1 is 1.30 bits per heavy atom. The molecule has 6 nitrogen and oxygen atoms in total. The zero-order valence-corrected chi connectivity index (χ0v) is 13.7. The molecule has 0 amide bonds. The second-order valence-corrected chi connectivity index (χ2v) is 5.79. The number of nitrogens with zero attached hydrogens (tertiary/aromatic N) is 3. The lowest BCUT2D eigenvalue weighted by Gasteiger charge is -2.30. The number of aromatic nitrogens is 1. The summed E-state index contributed by atoms with van der Waals surface area (Å²) in [5.41, 5.74) is 4.11. The minimum Gasteiger partial charge on any atom is -0.378 e. The van der Waals surface area contributed by atoms with Gasteiger partial charge in [-0.1, -0.05) is 6.08 Å². The summed E-state index contributed by atoms with van der Waals surface area (Å²) in [4.78, 5) is 11.1. The molecule has 3 heterocycles. The summed E-state index contributed by atoms with van der Waals surface area (Å²) in [6.07, 6.45) is 3.21. The maximum Gasteiger partial charge on any atom is 0.154 e. The van der Waals surface area contributed by atoms with Crippen molar-refractivity contribution in [3.63, 3.8) is 0 Å². The molecular formula is C17H24N4O2. The predicted molar refractivity (Wildman–Crippen MR) is 93.2 cm³/mol. The Morgan fingerprint density at radius 3 is 2.83 bits per heavy atom. The van der Waals surface area contributed by atoms with Crippen LogP contribution in [0.5, 0.6) is 0 Å². The molecule has 0 atom stereocenters. The van der Waals surface area contributed by atoms with Crippen LogP contribution in [0.3, 0.4) is 0 Å². The van der Waals surface area contributed by atoms with Gasteiger partial charge in [0.15, 0.2) is 5.82 Å². The molecule has 23 heavy (non-hydrogen) atoms. The minimum absolute atomic E-state index is 0.686. The SMILES string of the molecule is C=Nc1c(N2CCOCC2)cc(C)nc1NCC1=CCCOC1. The van der Waals surface area contributed by atoms with Gasteiger partial charge >= 0.3 is 0 Å². The van der Waals surface area contributed by atoms with Crippen LogP contribution < -0.4 is 10.2 Å². The highest BCUT2D eigenvalue weighted by atomic mass is 16.5. The average Bonchev–Trinajstić information content (AvgIpc) is 2.61. The molecule has 1 aromatic rings. The molecule has 124 valence electrons. The molecule has 3 rings (SSSR count). The quantitative estimate of drug-likeness (QED) is 0.667. The van der Waals surface area contributed by atoms with E-state index in [-0.39, 0.29) is 0 Å². The number of hydrogen-bond acceptors (Lipinski definition) is 6. The van der Waals surface area contributed by atoms with Crippen molar-refractivity contribution in [3.8, 4) is 0 Å². The van der Waals surface area contributed by atoms with E-state index in [1.54, 1.807) is 0 Å². The number of pyridine rings is 1. The Hall–Kier alpha value is -1.92. The Bertz CT molecular complexity index is 595. The molecule has 0 bridgehead atoms. The van der Waals surface area contributed by atoms with Gasteiger partial charge in [-0.15, -0.1) is 0 Å².